The highest BCUT2D eigenvalue weighted by atomic mass is 16.5. The average molecular weight is 293 g/mol. The molecule has 2 aromatic carbocycles. The molecule has 0 aliphatic rings. The fraction of sp³-hybridized carbons (Fsp3) is 0.0588. The van der Waals surface area contributed by atoms with Gasteiger partial charge < -0.3 is 4.52 Å². The molecule has 22 heavy (non-hydrogen) atoms. The first-order chi connectivity index (χ1) is 10.7. The molecule has 1 heterocycles. The minimum atomic E-state index is -0.329. The minimum absolute atomic E-state index is 0.245. The summed E-state index contributed by atoms with van der Waals surface area (Å²) in [5.74, 6) is 0.265. The molecule has 1 N–H and O–H groups in total. The van der Waals surface area contributed by atoms with E-state index < -0.39 is 0 Å². The molecule has 5 nitrogen and oxygen atoms in total. The van der Waals surface area contributed by atoms with E-state index in [4.69, 9.17) is 4.52 Å². The van der Waals surface area contributed by atoms with E-state index in [1.54, 1.807) is 18.0 Å². The molecule has 0 spiro atoms. The SMILES string of the molecule is Cc1cc(C(=O)NN(c2ccccc2)c2ccccc2)no1. The molecule has 0 radical (unpaired) electrons. The summed E-state index contributed by atoms with van der Waals surface area (Å²) < 4.78 is 4.95. The van der Waals surface area contributed by atoms with Crippen LogP contribution in [0.5, 0.6) is 0 Å². The Morgan fingerprint density at radius 3 is 2.00 bits per heavy atom. The number of rotatable bonds is 4. The highest BCUT2D eigenvalue weighted by Gasteiger charge is 2.16. The van der Waals surface area contributed by atoms with Crippen molar-refractivity contribution in [3.05, 3.63) is 78.2 Å². The van der Waals surface area contributed by atoms with E-state index in [9.17, 15) is 4.79 Å². The number of hydrogen-bond donors (Lipinski definition) is 1. The number of benzene rings is 2. The van der Waals surface area contributed by atoms with E-state index in [0.717, 1.165) is 11.4 Å². The van der Waals surface area contributed by atoms with Crippen LogP contribution >= 0.6 is 0 Å². The third kappa shape index (κ3) is 2.98. The first kappa shape index (κ1) is 13.9. The fourth-order valence-electron chi connectivity index (χ4n) is 2.06. The predicted octanol–water partition coefficient (Wildman–Crippen LogP) is 3.47. The average Bonchev–Trinajstić information content (AvgIpc) is 3.01. The lowest BCUT2D eigenvalue weighted by atomic mass is 10.2. The Bertz CT molecular complexity index is 714. The molecule has 1 amide bonds. The molecular weight excluding hydrogens is 278 g/mol. The molecule has 0 bridgehead atoms. The van der Waals surface area contributed by atoms with Crippen LogP contribution in [0.4, 0.5) is 11.4 Å². The van der Waals surface area contributed by atoms with Crippen LogP contribution in [0.1, 0.15) is 16.2 Å². The smallest absolute Gasteiger partial charge is 0.292 e. The summed E-state index contributed by atoms with van der Waals surface area (Å²) in [6.45, 7) is 1.75. The number of aromatic nitrogens is 1. The maximum absolute atomic E-state index is 12.3. The Hall–Kier alpha value is -3.08. The van der Waals surface area contributed by atoms with Gasteiger partial charge in [0.05, 0.1) is 11.4 Å². The van der Waals surface area contributed by atoms with Gasteiger partial charge in [0, 0.05) is 6.07 Å². The maximum Gasteiger partial charge on any atom is 0.292 e. The second kappa shape index (κ2) is 6.13. The van der Waals surface area contributed by atoms with Crippen molar-refractivity contribution in [3.63, 3.8) is 0 Å². The van der Waals surface area contributed by atoms with E-state index in [1.165, 1.54) is 0 Å². The summed E-state index contributed by atoms with van der Waals surface area (Å²) >= 11 is 0. The molecule has 0 saturated carbocycles. The largest absolute Gasteiger partial charge is 0.361 e. The zero-order valence-electron chi connectivity index (χ0n) is 12.1. The van der Waals surface area contributed by atoms with Crippen LogP contribution in [0.2, 0.25) is 0 Å². The lowest BCUT2D eigenvalue weighted by molar-refractivity contribution is 0.0944. The number of carbonyl (C=O) groups is 1. The highest BCUT2D eigenvalue weighted by Crippen LogP contribution is 2.22. The number of nitrogens with zero attached hydrogens (tertiary/aromatic N) is 2. The van der Waals surface area contributed by atoms with Crippen molar-refractivity contribution in [2.75, 3.05) is 5.01 Å². The van der Waals surface area contributed by atoms with Gasteiger partial charge in [-0.05, 0) is 31.2 Å². The van der Waals surface area contributed by atoms with E-state index in [0.29, 0.717) is 5.76 Å². The first-order valence-corrected chi connectivity index (χ1v) is 6.88. The van der Waals surface area contributed by atoms with E-state index >= 15 is 0 Å². The Morgan fingerprint density at radius 1 is 1.00 bits per heavy atom. The summed E-state index contributed by atoms with van der Waals surface area (Å²) in [5.41, 5.74) is 4.79. The van der Waals surface area contributed by atoms with Crippen LogP contribution in [0.15, 0.2) is 71.3 Å². The summed E-state index contributed by atoms with van der Waals surface area (Å²) in [7, 11) is 0. The monoisotopic (exact) mass is 293 g/mol. The van der Waals surface area contributed by atoms with Gasteiger partial charge in [0.25, 0.3) is 5.91 Å². The molecule has 0 fully saturated rings. The summed E-state index contributed by atoms with van der Waals surface area (Å²) in [5, 5.41) is 5.46. The quantitative estimate of drug-likeness (QED) is 0.748. The maximum atomic E-state index is 12.3. The van der Waals surface area contributed by atoms with E-state index in [-0.39, 0.29) is 11.6 Å². The van der Waals surface area contributed by atoms with Crippen LogP contribution in [0, 0.1) is 6.92 Å². The van der Waals surface area contributed by atoms with Crippen LogP contribution in [0.3, 0.4) is 0 Å². The molecule has 110 valence electrons. The van der Waals surface area contributed by atoms with Crippen LogP contribution in [-0.4, -0.2) is 11.1 Å². The molecule has 0 atom stereocenters. The van der Waals surface area contributed by atoms with Crippen molar-refractivity contribution in [2.24, 2.45) is 0 Å². The normalized spacial score (nSPS) is 10.2. The van der Waals surface area contributed by atoms with E-state index in [1.807, 2.05) is 60.7 Å². The Labute approximate surface area is 128 Å². The van der Waals surface area contributed by atoms with Gasteiger partial charge in [-0.25, -0.2) is 0 Å². The van der Waals surface area contributed by atoms with Crippen molar-refractivity contribution in [2.45, 2.75) is 6.92 Å². The molecule has 0 unspecified atom stereocenters. The lowest BCUT2D eigenvalue weighted by Crippen LogP contribution is -2.39. The number of para-hydroxylation sites is 2. The molecular formula is C17H15N3O2. The molecule has 0 saturated heterocycles. The second-order valence-electron chi connectivity index (χ2n) is 4.77. The van der Waals surface area contributed by atoms with Gasteiger partial charge in [0.1, 0.15) is 5.76 Å². The fourth-order valence-corrected chi connectivity index (χ4v) is 2.06. The van der Waals surface area contributed by atoms with Gasteiger partial charge in [-0.1, -0.05) is 41.6 Å². The number of nitrogens with one attached hydrogen (secondary N) is 1. The predicted molar refractivity (Wildman–Crippen MR) is 83.7 cm³/mol. The number of carbonyl (C=O) groups excluding carboxylic acids is 1. The lowest BCUT2D eigenvalue weighted by Gasteiger charge is -2.24. The standard InChI is InChI=1S/C17H15N3O2/c1-13-12-16(19-22-13)17(21)18-20(14-8-4-2-5-9-14)15-10-6-3-7-11-15/h2-12H,1H3,(H,18,21). The molecule has 0 aliphatic heterocycles. The third-order valence-electron chi connectivity index (χ3n) is 3.10. The molecule has 3 aromatic rings. The van der Waals surface area contributed by atoms with Gasteiger partial charge in [-0.3, -0.25) is 15.2 Å². The van der Waals surface area contributed by atoms with Crippen molar-refractivity contribution < 1.29 is 9.32 Å². The molecule has 0 aliphatic carbocycles. The van der Waals surface area contributed by atoms with Crippen LogP contribution < -0.4 is 10.4 Å². The summed E-state index contributed by atoms with van der Waals surface area (Å²) in [4.78, 5) is 12.3. The Morgan fingerprint density at radius 2 is 1.55 bits per heavy atom. The van der Waals surface area contributed by atoms with Gasteiger partial charge in [0.2, 0.25) is 0 Å². The Balaban J connectivity index is 1.91. The summed E-state index contributed by atoms with van der Waals surface area (Å²) in [6.07, 6.45) is 0. The molecule has 3 rings (SSSR count). The van der Waals surface area contributed by atoms with Crippen LogP contribution in [-0.2, 0) is 0 Å². The van der Waals surface area contributed by atoms with Crippen molar-refractivity contribution in [3.8, 4) is 0 Å². The number of amides is 1. The second-order valence-corrected chi connectivity index (χ2v) is 4.77. The van der Waals surface area contributed by atoms with Crippen molar-refractivity contribution in [1.29, 1.82) is 0 Å². The highest BCUT2D eigenvalue weighted by molar-refractivity contribution is 5.94. The van der Waals surface area contributed by atoms with Crippen molar-refractivity contribution >= 4 is 17.3 Å². The molecule has 5 heteroatoms. The number of anilines is 2. The zero-order valence-corrected chi connectivity index (χ0v) is 12.1. The van der Waals surface area contributed by atoms with Gasteiger partial charge >= 0.3 is 0 Å². The number of aryl methyl sites for hydroxylation is 1. The van der Waals surface area contributed by atoms with E-state index in [2.05, 4.69) is 10.6 Å². The van der Waals surface area contributed by atoms with Crippen LogP contribution in [0.25, 0.3) is 0 Å². The summed E-state index contributed by atoms with van der Waals surface area (Å²) in [6, 6.07) is 20.8. The zero-order chi connectivity index (χ0) is 15.4. The first-order valence-electron chi connectivity index (χ1n) is 6.88. The number of hydrazine groups is 1. The van der Waals surface area contributed by atoms with Gasteiger partial charge in [-0.15, -0.1) is 0 Å². The van der Waals surface area contributed by atoms with Crippen molar-refractivity contribution in [1.82, 2.24) is 10.6 Å². The van der Waals surface area contributed by atoms with Gasteiger partial charge in [-0.2, -0.15) is 0 Å². The minimum Gasteiger partial charge on any atom is -0.361 e. The topological polar surface area (TPSA) is 58.4 Å². The Kier molecular flexibility index (Phi) is 3.87. The third-order valence-corrected chi connectivity index (χ3v) is 3.10. The number of hydrogen-bond acceptors (Lipinski definition) is 4. The molecule has 1 aromatic heterocycles. The van der Waals surface area contributed by atoms with Gasteiger partial charge in [0.15, 0.2) is 5.69 Å².